The van der Waals surface area contributed by atoms with Gasteiger partial charge in [-0.05, 0) is 36.8 Å². The van der Waals surface area contributed by atoms with Gasteiger partial charge in [0.05, 0.1) is 17.5 Å². The molecule has 2 heterocycles. The number of aromatic nitrogens is 4. The Labute approximate surface area is 166 Å². The second-order valence-corrected chi connectivity index (χ2v) is 7.27. The number of carbonyl (C=O) groups is 1. The minimum atomic E-state index is -0.0541. The van der Waals surface area contributed by atoms with E-state index in [2.05, 4.69) is 15.1 Å². The summed E-state index contributed by atoms with van der Waals surface area (Å²) in [5.74, 6) is 0.283. The van der Waals surface area contributed by atoms with Gasteiger partial charge in [-0.3, -0.25) is 4.79 Å². The van der Waals surface area contributed by atoms with E-state index in [4.69, 9.17) is 4.42 Å². The zero-order valence-electron chi connectivity index (χ0n) is 15.5. The molecule has 1 amide bonds. The summed E-state index contributed by atoms with van der Waals surface area (Å²) in [6.45, 7) is 2.01. The van der Waals surface area contributed by atoms with Crippen LogP contribution in [0.5, 0.6) is 0 Å². The Morgan fingerprint density at radius 2 is 2.00 bits per heavy atom. The number of hydrogen-bond acceptors (Lipinski definition) is 6. The summed E-state index contributed by atoms with van der Waals surface area (Å²) < 4.78 is 7.35. The standard InChI is InChI=1S/C20H19N5O2S/c1-14(15-7-9-16(10-8-15)25-13-21-12-22-25)24(2)19(26)11-28-20-23-17-5-3-4-6-18(17)27-20/h3-10,12-14H,11H2,1-2H3/t14-/m1/s1. The maximum absolute atomic E-state index is 12.6. The van der Waals surface area contributed by atoms with E-state index in [1.165, 1.54) is 18.1 Å². The molecule has 7 nitrogen and oxygen atoms in total. The third-order valence-electron chi connectivity index (χ3n) is 4.63. The lowest BCUT2D eigenvalue weighted by Crippen LogP contribution is -2.31. The zero-order chi connectivity index (χ0) is 19.5. The van der Waals surface area contributed by atoms with Crippen LogP contribution in [0.15, 0.2) is 70.8 Å². The van der Waals surface area contributed by atoms with Crippen LogP contribution in [0.4, 0.5) is 0 Å². The van der Waals surface area contributed by atoms with Crippen molar-refractivity contribution in [3.63, 3.8) is 0 Å². The minimum Gasteiger partial charge on any atom is -0.431 e. The number of thioether (sulfide) groups is 1. The molecule has 0 bridgehead atoms. The third kappa shape index (κ3) is 3.77. The molecule has 0 saturated heterocycles. The van der Waals surface area contributed by atoms with Crippen molar-refractivity contribution in [1.82, 2.24) is 24.6 Å². The molecule has 0 aliphatic heterocycles. The summed E-state index contributed by atoms with van der Waals surface area (Å²) in [6.07, 6.45) is 3.15. The molecule has 4 aromatic rings. The first kappa shape index (κ1) is 18.2. The van der Waals surface area contributed by atoms with Crippen molar-refractivity contribution >= 4 is 28.8 Å². The SMILES string of the molecule is C[C@H](c1ccc(-n2cncn2)cc1)N(C)C(=O)CSc1nc2ccccc2o1. The maximum atomic E-state index is 12.6. The predicted octanol–water partition coefficient (Wildman–Crippen LogP) is 3.72. The first-order valence-corrected chi connectivity index (χ1v) is 9.79. The fourth-order valence-corrected chi connectivity index (χ4v) is 3.59. The molecule has 0 saturated carbocycles. The monoisotopic (exact) mass is 393 g/mol. The highest BCUT2D eigenvalue weighted by atomic mass is 32.2. The molecule has 142 valence electrons. The second kappa shape index (κ2) is 7.85. The number of para-hydroxylation sites is 2. The molecule has 2 aromatic carbocycles. The van der Waals surface area contributed by atoms with E-state index in [-0.39, 0.29) is 17.7 Å². The van der Waals surface area contributed by atoms with Crippen LogP contribution in [-0.4, -0.2) is 43.4 Å². The van der Waals surface area contributed by atoms with Crippen molar-refractivity contribution in [3.05, 3.63) is 66.7 Å². The van der Waals surface area contributed by atoms with Gasteiger partial charge in [0, 0.05) is 7.05 Å². The molecule has 1 atom stereocenters. The summed E-state index contributed by atoms with van der Waals surface area (Å²) in [5, 5.41) is 4.62. The van der Waals surface area contributed by atoms with Crippen LogP contribution in [0.3, 0.4) is 0 Å². The van der Waals surface area contributed by atoms with E-state index in [9.17, 15) is 4.79 Å². The van der Waals surface area contributed by atoms with Crippen molar-refractivity contribution in [3.8, 4) is 5.69 Å². The van der Waals surface area contributed by atoms with E-state index in [1.54, 1.807) is 15.9 Å². The van der Waals surface area contributed by atoms with Gasteiger partial charge in [-0.1, -0.05) is 36.0 Å². The molecule has 4 rings (SSSR count). The molecule has 28 heavy (non-hydrogen) atoms. The Morgan fingerprint density at radius 3 is 2.71 bits per heavy atom. The van der Waals surface area contributed by atoms with Crippen LogP contribution < -0.4 is 0 Å². The molecule has 0 radical (unpaired) electrons. The van der Waals surface area contributed by atoms with Crippen molar-refractivity contribution in [2.75, 3.05) is 12.8 Å². The first-order valence-electron chi connectivity index (χ1n) is 8.81. The highest BCUT2D eigenvalue weighted by Crippen LogP contribution is 2.25. The fourth-order valence-electron chi connectivity index (χ4n) is 2.82. The van der Waals surface area contributed by atoms with Crippen LogP contribution in [0.25, 0.3) is 16.8 Å². The van der Waals surface area contributed by atoms with Gasteiger partial charge in [-0.15, -0.1) is 0 Å². The van der Waals surface area contributed by atoms with E-state index in [0.717, 1.165) is 22.4 Å². The Morgan fingerprint density at radius 1 is 1.21 bits per heavy atom. The largest absolute Gasteiger partial charge is 0.431 e. The molecular formula is C20H19N5O2S. The summed E-state index contributed by atoms with van der Waals surface area (Å²) in [5.41, 5.74) is 3.50. The number of oxazole rings is 1. The Bertz CT molecular complexity index is 1040. The van der Waals surface area contributed by atoms with Crippen LogP contribution in [0.2, 0.25) is 0 Å². The molecule has 0 aliphatic rings. The van der Waals surface area contributed by atoms with E-state index in [0.29, 0.717) is 5.22 Å². The van der Waals surface area contributed by atoms with Gasteiger partial charge >= 0.3 is 0 Å². The first-order chi connectivity index (χ1) is 13.6. The van der Waals surface area contributed by atoms with Crippen LogP contribution in [0, 0.1) is 0 Å². The van der Waals surface area contributed by atoms with Crippen LogP contribution >= 0.6 is 11.8 Å². The highest BCUT2D eigenvalue weighted by molar-refractivity contribution is 7.99. The summed E-state index contributed by atoms with van der Waals surface area (Å²) in [6, 6.07) is 15.4. The number of amides is 1. The van der Waals surface area contributed by atoms with Gasteiger partial charge in [-0.2, -0.15) is 5.10 Å². The van der Waals surface area contributed by atoms with Gasteiger partial charge in [0.2, 0.25) is 5.91 Å². The van der Waals surface area contributed by atoms with Gasteiger partial charge in [0.15, 0.2) is 5.58 Å². The average molecular weight is 393 g/mol. The number of benzene rings is 2. The van der Waals surface area contributed by atoms with Gasteiger partial charge in [0.1, 0.15) is 18.2 Å². The lowest BCUT2D eigenvalue weighted by molar-refractivity contribution is -0.128. The maximum Gasteiger partial charge on any atom is 0.257 e. The molecular weight excluding hydrogens is 374 g/mol. The second-order valence-electron chi connectivity index (χ2n) is 6.35. The molecule has 8 heteroatoms. The van der Waals surface area contributed by atoms with Crippen molar-refractivity contribution in [2.24, 2.45) is 0 Å². The third-order valence-corrected chi connectivity index (χ3v) is 5.44. The average Bonchev–Trinajstić information content (AvgIpc) is 3.40. The van der Waals surface area contributed by atoms with Crippen molar-refractivity contribution in [1.29, 1.82) is 0 Å². The van der Waals surface area contributed by atoms with Crippen molar-refractivity contribution in [2.45, 2.75) is 18.2 Å². The lowest BCUT2D eigenvalue weighted by atomic mass is 10.1. The van der Waals surface area contributed by atoms with E-state index < -0.39 is 0 Å². The van der Waals surface area contributed by atoms with E-state index in [1.807, 2.05) is 62.5 Å². The fraction of sp³-hybridized carbons (Fsp3) is 0.200. The summed E-state index contributed by atoms with van der Waals surface area (Å²) in [7, 11) is 1.81. The predicted molar refractivity (Wildman–Crippen MR) is 107 cm³/mol. The summed E-state index contributed by atoms with van der Waals surface area (Å²) in [4.78, 5) is 22.7. The Balaban J connectivity index is 1.38. The Hall–Kier alpha value is -3.13. The van der Waals surface area contributed by atoms with Gasteiger partial charge < -0.3 is 9.32 Å². The van der Waals surface area contributed by atoms with Crippen molar-refractivity contribution < 1.29 is 9.21 Å². The molecule has 0 unspecified atom stereocenters. The molecule has 0 N–H and O–H groups in total. The van der Waals surface area contributed by atoms with E-state index >= 15 is 0 Å². The molecule has 0 aliphatic carbocycles. The normalized spacial score (nSPS) is 12.2. The van der Waals surface area contributed by atoms with Gasteiger partial charge in [0.25, 0.3) is 5.22 Å². The summed E-state index contributed by atoms with van der Waals surface area (Å²) >= 11 is 1.31. The smallest absolute Gasteiger partial charge is 0.257 e. The molecule has 0 fully saturated rings. The Kier molecular flexibility index (Phi) is 5.12. The van der Waals surface area contributed by atoms with Gasteiger partial charge in [-0.25, -0.2) is 14.6 Å². The number of nitrogens with zero attached hydrogens (tertiary/aromatic N) is 5. The topological polar surface area (TPSA) is 77.1 Å². The molecule has 0 spiro atoms. The minimum absolute atomic E-state index is 0.0140. The number of rotatable bonds is 6. The highest BCUT2D eigenvalue weighted by Gasteiger charge is 2.19. The number of hydrogen-bond donors (Lipinski definition) is 0. The number of carbonyl (C=O) groups excluding carboxylic acids is 1. The van der Waals surface area contributed by atoms with Crippen LogP contribution in [0.1, 0.15) is 18.5 Å². The number of fused-ring (bicyclic) bond motifs is 1. The lowest BCUT2D eigenvalue weighted by Gasteiger charge is -2.25. The zero-order valence-corrected chi connectivity index (χ0v) is 16.3. The quantitative estimate of drug-likeness (QED) is 0.465. The molecule has 2 aromatic heterocycles. The van der Waals surface area contributed by atoms with Crippen LogP contribution in [-0.2, 0) is 4.79 Å².